The molecule has 2 unspecified atom stereocenters. The lowest BCUT2D eigenvalue weighted by molar-refractivity contribution is -0.124. The van der Waals surface area contributed by atoms with E-state index in [0.717, 1.165) is 4.88 Å². The molecule has 0 radical (unpaired) electrons. The van der Waals surface area contributed by atoms with Crippen LogP contribution in [0.1, 0.15) is 31.2 Å². The zero-order valence-corrected chi connectivity index (χ0v) is 12.4. The average Bonchev–Trinajstić information content (AvgIpc) is 2.89. The monoisotopic (exact) mass is 300 g/mol. The Labute approximate surface area is 121 Å². The van der Waals surface area contributed by atoms with E-state index in [1.165, 1.54) is 25.2 Å². The molecule has 0 saturated heterocycles. The Morgan fingerprint density at radius 3 is 2.70 bits per heavy atom. The number of hydrogen-bond donors (Lipinski definition) is 4. The normalized spacial score (nSPS) is 15.2. The molecule has 0 fully saturated rings. The highest BCUT2D eigenvalue weighted by Gasteiger charge is 2.22. The Morgan fingerprint density at radius 1 is 1.50 bits per heavy atom. The number of amides is 2. The molecule has 112 valence electrons. The molecule has 0 spiro atoms. The summed E-state index contributed by atoms with van der Waals surface area (Å²) in [5.74, 6) is -0.510. The van der Waals surface area contributed by atoms with Gasteiger partial charge in [-0.25, -0.2) is 0 Å². The van der Waals surface area contributed by atoms with Crippen LogP contribution in [0.15, 0.2) is 17.5 Å². The molecular formula is C13H20N2O4S. The molecule has 1 heterocycles. The van der Waals surface area contributed by atoms with Crippen LogP contribution < -0.4 is 10.6 Å². The van der Waals surface area contributed by atoms with Gasteiger partial charge in [-0.15, -0.1) is 11.3 Å². The molecule has 7 heteroatoms. The number of aliphatic hydroxyl groups excluding tert-OH is 1. The van der Waals surface area contributed by atoms with Crippen LogP contribution in [0, 0.1) is 0 Å². The van der Waals surface area contributed by atoms with Crippen LogP contribution in [-0.2, 0) is 9.59 Å². The molecule has 0 aliphatic heterocycles. The number of hydrogen-bond acceptors (Lipinski definition) is 5. The lowest BCUT2D eigenvalue weighted by atomic mass is 10.1. The van der Waals surface area contributed by atoms with Gasteiger partial charge in [0.1, 0.15) is 5.60 Å². The number of thiophene rings is 1. The second kappa shape index (κ2) is 7.37. The first-order valence-corrected chi connectivity index (χ1v) is 7.12. The van der Waals surface area contributed by atoms with Gasteiger partial charge in [-0.1, -0.05) is 6.07 Å². The molecule has 4 N–H and O–H groups in total. The van der Waals surface area contributed by atoms with E-state index in [9.17, 15) is 14.7 Å². The molecule has 0 aliphatic rings. The number of rotatable bonds is 7. The maximum absolute atomic E-state index is 11.8. The van der Waals surface area contributed by atoms with E-state index < -0.39 is 12.2 Å². The zero-order chi connectivity index (χ0) is 15.2. The summed E-state index contributed by atoms with van der Waals surface area (Å²) in [6.45, 7) is 2.35. The highest BCUT2D eigenvalue weighted by molar-refractivity contribution is 7.10. The van der Waals surface area contributed by atoms with Crippen LogP contribution in [-0.4, -0.2) is 40.8 Å². The molecule has 0 bridgehead atoms. The molecule has 0 aromatic carbocycles. The molecule has 1 rings (SSSR count). The summed E-state index contributed by atoms with van der Waals surface area (Å²) in [5.41, 5.74) is -1.35. The predicted molar refractivity (Wildman–Crippen MR) is 76.2 cm³/mol. The van der Waals surface area contributed by atoms with E-state index in [1.54, 1.807) is 0 Å². The van der Waals surface area contributed by atoms with Crippen LogP contribution in [0.2, 0.25) is 0 Å². The first-order valence-electron chi connectivity index (χ1n) is 6.24. The van der Waals surface area contributed by atoms with E-state index in [1.807, 2.05) is 17.5 Å². The Morgan fingerprint density at radius 2 is 2.20 bits per heavy atom. The van der Waals surface area contributed by atoms with Crippen molar-refractivity contribution in [2.75, 3.05) is 13.2 Å². The van der Waals surface area contributed by atoms with Gasteiger partial charge in [0.2, 0.25) is 11.8 Å². The molecule has 6 nitrogen and oxygen atoms in total. The van der Waals surface area contributed by atoms with Crippen LogP contribution in [0.5, 0.6) is 0 Å². The quantitative estimate of drug-likeness (QED) is 0.577. The summed E-state index contributed by atoms with van der Waals surface area (Å²) in [5, 5.41) is 25.6. The summed E-state index contributed by atoms with van der Waals surface area (Å²) in [4.78, 5) is 23.9. The Hall–Kier alpha value is -1.44. The van der Waals surface area contributed by atoms with Gasteiger partial charge < -0.3 is 20.8 Å². The van der Waals surface area contributed by atoms with Gasteiger partial charge in [-0.3, -0.25) is 9.59 Å². The second-order valence-corrected chi connectivity index (χ2v) is 5.88. The Bertz CT molecular complexity index is 445. The minimum atomic E-state index is -1.35. The number of aliphatic hydroxyl groups is 2. The van der Waals surface area contributed by atoms with Gasteiger partial charge >= 0.3 is 0 Å². The van der Waals surface area contributed by atoms with Crippen LogP contribution >= 0.6 is 11.3 Å². The van der Waals surface area contributed by atoms with Gasteiger partial charge in [0.05, 0.1) is 19.1 Å². The van der Waals surface area contributed by atoms with Crippen molar-refractivity contribution in [3.63, 3.8) is 0 Å². The topological polar surface area (TPSA) is 98.7 Å². The van der Waals surface area contributed by atoms with Crippen molar-refractivity contribution in [2.24, 2.45) is 0 Å². The van der Waals surface area contributed by atoms with Crippen molar-refractivity contribution in [3.8, 4) is 0 Å². The Balaban J connectivity index is 2.57. The lowest BCUT2D eigenvalue weighted by Crippen LogP contribution is -2.44. The lowest BCUT2D eigenvalue weighted by Gasteiger charge is -2.22. The molecule has 0 saturated carbocycles. The van der Waals surface area contributed by atoms with E-state index in [0.29, 0.717) is 0 Å². The summed E-state index contributed by atoms with van der Waals surface area (Å²) in [6, 6.07) is 3.32. The highest BCUT2D eigenvalue weighted by atomic mass is 32.1. The molecule has 20 heavy (non-hydrogen) atoms. The van der Waals surface area contributed by atoms with E-state index in [2.05, 4.69) is 10.6 Å². The third kappa shape index (κ3) is 5.68. The van der Waals surface area contributed by atoms with Crippen molar-refractivity contribution in [3.05, 3.63) is 22.4 Å². The maximum Gasteiger partial charge on any atom is 0.222 e. The zero-order valence-electron chi connectivity index (χ0n) is 11.5. The molecule has 2 amide bonds. The molecule has 0 aliphatic carbocycles. The van der Waals surface area contributed by atoms with Crippen molar-refractivity contribution in [2.45, 2.75) is 31.9 Å². The third-order valence-corrected chi connectivity index (χ3v) is 3.65. The summed E-state index contributed by atoms with van der Waals surface area (Å²) in [6.07, 6.45) is 0.0849. The van der Waals surface area contributed by atoms with E-state index >= 15 is 0 Å². The van der Waals surface area contributed by atoms with Crippen LogP contribution in [0.25, 0.3) is 0 Å². The summed E-state index contributed by atoms with van der Waals surface area (Å²) in [7, 11) is 0. The minimum absolute atomic E-state index is 0.0421. The first kappa shape index (κ1) is 16.6. The summed E-state index contributed by atoms with van der Waals surface area (Å²) >= 11 is 1.46. The van der Waals surface area contributed by atoms with Gasteiger partial charge in [0.15, 0.2) is 0 Å². The first-order chi connectivity index (χ1) is 9.34. The van der Waals surface area contributed by atoms with Gasteiger partial charge in [0, 0.05) is 18.3 Å². The summed E-state index contributed by atoms with van der Waals surface area (Å²) < 4.78 is 0. The Kier molecular flexibility index (Phi) is 6.12. The number of carbonyl (C=O) groups excluding carboxylic acids is 2. The van der Waals surface area contributed by atoms with Crippen molar-refractivity contribution in [1.82, 2.24) is 10.6 Å². The van der Waals surface area contributed by atoms with Crippen molar-refractivity contribution < 1.29 is 19.8 Å². The van der Waals surface area contributed by atoms with Gasteiger partial charge in [0.25, 0.3) is 0 Å². The largest absolute Gasteiger partial charge is 0.393 e. The van der Waals surface area contributed by atoms with Gasteiger partial charge in [-0.05, 0) is 18.4 Å². The average molecular weight is 300 g/mol. The maximum atomic E-state index is 11.8. The molecular weight excluding hydrogens is 280 g/mol. The van der Waals surface area contributed by atoms with Crippen LogP contribution in [0.3, 0.4) is 0 Å². The van der Waals surface area contributed by atoms with E-state index in [-0.39, 0.29) is 30.8 Å². The van der Waals surface area contributed by atoms with Crippen molar-refractivity contribution in [1.29, 1.82) is 0 Å². The van der Waals surface area contributed by atoms with Gasteiger partial charge in [-0.2, -0.15) is 0 Å². The molecule has 2 atom stereocenters. The SMILES string of the molecule is CC(=O)NC(CC(=O)NCC(C)(O)CO)c1cccs1. The fraction of sp³-hybridized carbons (Fsp3) is 0.538. The number of carbonyl (C=O) groups is 2. The van der Waals surface area contributed by atoms with Crippen LogP contribution in [0.4, 0.5) is 0 Å². The van der Waals surface area contributed by atoms with E-state index in [4.69, 9.17) is 5.11 Å². The fourth-order valence-electron chi connectivity index (χ4n) is 1.56. The number of nitrogens with one attached hydrogen (secondary N) is 2. The highest BCUT2D eigenvalue weighted by Crippen LogP contribution is 2.21. The molecule has 1 aromatic rings. The molecule has 1 aromatic heterocycles. The smallest absolute Gasteiger partial charge is 0.222 e. The predicted octanol–water partition coefficient (Wildman–Crippen LogP) is 0.175. The standard InChI is InChI=1S/C13H20N2O4S/c1-9(17)15-10(11-4-3-5-20-11)6-12(18)14-7-13(2,19)8-16/h3-5,10,16,19H,6-8H2,1-2H3,(H,14,18)(H,15,17). The van der Waals surface area contributed by atoms with Crippen molar-refractivity contribution >= 4 is 23.2 Å². The third-order valence-electron chi connectivity index (χ3n) is 2.66. The minimum Gasteiger partial charge on any atom is -0.393 e. The fourth-order valence-corrected chi connectivity index (χ4v) is 2.34. The second-order valence-electron chi connectivity index (χ2n) is 4.90.